The van der Waals surface area contributed by atoms with Crippen molar-refractivity contribution in [1.82, 2.24) is 9.80 Å². The summed E-state index contributed by atoms with van der Waals surface area (Å²) in [6.45, 7) is 4.78. The number of rotatable bonds is 3. The van der Waals surface area contributed by atoms with Crippen molar-refractivity contribution in [1.29, 1.82) is 0 Å². The molecule has 1 heterocycles. The van der Waals surface area contributed by atoms with Crippen LogP contribution in [0.5, 0.6) is 5.75 Å². The monoisotopic (exact) mass is 300 g/mol. The molecule has 20 heavy (non-hydrogen) atoms. The number of nitrogens with zero attached hydrogens (tertiary/aromatic N) is 2. The highest BCUT2D eigenvalue weighted by Gasteiger charge is 2.25. The minimum atomic E-state index is -0.638. The van der Waals surface area contributed by atoms with Crippen molar-refractivity contribution in [2.75, 3.05) is 33.2 Å². The Bertz CT molecular complexity index is 490. The van der Waals surface area contributed by atoms with Crippen molar-refractivity contribution < 1.29 is 13.9 Å². The molecule has 1 fully saturated rings. The normalized spacial score (nSPS) is 17.9. The molecular formula is C14H18ClFN2O2. The van der Waals surface area contributed by atoms with E-state index >= 15 is 0 Å². The first kappa shape index (κ1) is 15.1. The molecule has 0 bridgehead atoms. The van der Waals surface area contributed by atoms with Crippen LogP contribution < -0.4 is 4.74 Å². The van der Waals surface area contributed by atoms with Crippen LogP contribution in [0.3, 0.4) is 0 Å². The Morgan fingerprint density at radius 1 is 1.35 bits per heavy atom. The smallest absolute Gasteiger partial charge is 0.263 e. The number of piperazine rings is 1. The Morgan fingerprint density at radius 2 is 2.00 bits per heavy atom. The number of halogens is 2. The Hall–Kier alpha value is -1.33. The van der Waals surface area contributed by atoms with Gasteiger partial charge in [-0.15, -0.1) is 0 Å². The number of hydrogen-bond donors (Lipinski definition) is 0. The van der Waals surface area contributed by atoms with Gasteiger partial charge in [-0.1, -0.05) is 11.6 Å². The molecular weight excluding hydrogens is 283 g/mol. The molecule has 0 N–H and O–H groups in total. The van der Waals surface area contributed by atoms with E-state index in [0.717, 1.165) is 13.1 Å². The number of carbonyl (C=O) groups is 1. The maximum absolute atomic E-state index is 13.0. The van der Waals surface area contributed by atoms with Gasteiger partial charge in [0.05, 0.1) is 5.02 Å². The van der Waals surface area contributed by atoms with Crippen LogP contribution in [0, 0.1) is 5.82 Å². The SMILES string of the molecule is CC(Oc1ccc(F)cc1Cl)C(=O)N1CCN(C)CC1. The number of carbonyl (C=O) groups excluding carboxylic acids is 1. The summed E-state index contributed by atoms with van der Waals surface area (Å²) >= 11 is 5.89. The molecule has 1 unspecified atom stereocenters. The van der Waals surface area contributed by atoms with E-state index in [2.05, 4.69) is 4.90 Å². The van der Waals surface area contributed by atoms with Crippen LogP contribution in [0.1, 0.15) is 6.92 Å². The van der Waals surface area contributed by atoms with E-state index in [1.165, 1.54) is 18.2 Å². The number of amides is 1. The summed E-state index contributed by atoms with van der Waals surface area (Å²) in [7, 11) is 2.03. The van der Waals surface area contributed by atoms with Gasteiger partial charge in [0.25, 0.3) is 5.91 Å². The van der Waals surface area contributed by atoms with Gasteiger partial charge >= 0.3 is 0 Å². The summed E-state index contributed by atoms with van der Waals surface area (Å²) in [6.07, 6.45) is -0.638. The van der Waals surface area contributed by atoms with Gasteiger partial charge < -0.3 is 14.5 Å². The molecule has 1 amide bonds. The zero-order valence-electron chi connectivity index (χ0n) is 11.6. The van der Waals surface area contributed by atoms with Crippen molar-refractivity contribution >= 4 is 17.5 Å². The zero-order valence-corrected chi connectivity index (χ0v) is 12.4. The second-order valence-corrected chi connectivity index (χ2v) is 5.37. The topological polar surface area (TPSA) is 32.8 Å². The summed E-state index contributed by atoms with van der Waals surface area (Å²) in [5, 5.41) is 0.169. The lowest BCUT2D eigenvalue weighted by Gasteiger charge is -2.33. The third-order valence-electron chi connectivity index (χ3n) is 3.36. The van der Waals surface area contributed by atoms with Gasteiger partial charge in [-0.05, 0) is 32.2 Å². The van der Waals surface area contributed by atoms with E-state index in [0.29, 0.717) is 18.8 Å². The van der Waals surface area contributed by atoms with Gasteiger partial charge in [-0.2, -0.15) is 0 Å². The molecule has 0 spiro atoms. The van der Waals surface area contributed by atoms with E-state index in [-0.39, 0.29) is 10.9 Å². The summed E-state index contributed by atoms with van der Waals surface area (Å²) in [5.74, 6) is -0.179. The van der Waals surface area contributed by atoms with Crippen LogP contribution in [0.2, 0.25) is 5.02 Å². The fraction of sp³-hybridized carbons (Fsp3) is 0.500. The highest BCUT2D eigenvalue weighted by atomic mass is 35.5. The summed E-state index contributed by atoms with van der Waals surface area (Å²) in [5.41, 5.74) is 0. The summed E-state index contributed by atoms with van der Waals surface area (Å²) in [4.78, 5) is 16.2. The molecule has 1 atom stereocenters. The lowest BCUT2D eigenvalue weighted by molar-refractivity contribution is -0.139. The predicted octanol–water partition coefficient (Wildman–Crippen LogP) is 2.02. The van der Waals surface area contributed by atoms with Crippen LogP contribution in [-0.2, 0) is 4.79 Å². The molecule has 1 aromatic rings. The molecule has 110 valence electrons. The lowest BCUT2D eigenvalue weighted by atomic mass is 10.2. The Kier molecular flexibility index (Phi) is 4.83. The van der Waals surface area contributed by atoms with Crippen LogP contribution in [-0.4, -0.2) is 55.0 Å². The summed E-state index contributed by atoms with van der Waals surface area (Å²) < 4.78 is 18.5. The first-order valence-electron chi connectivity index (χ1n) is 6.56. The molecule has 0 aromatic heterocycles. The van der Waals surface area contributed by atoms with Gasteiger partial charge in [0, 0.05) is 26.2 Å². The van der Waals surface area contributed by atoms with E-state index in [4.69, 9.17) is 16.3 Å². The second kappa shape index (κ2) is 6.41. The average molecular weight is 301 g/mol. The number of likely N-dealkylation sites (N-methyl/N-ethyl adjacent to an activating group) is 1. The van der Waals surface area contributed by atoms with Gasteiger partial charge in [0.1, 0.15) is 11.6 Å². The van der Waals surface area contributed by atoms with E-state index in [1.807, 2.05) is 7.05 Å². The van der Waals surface area contributed by atoms with Crippen LogP contribution in [0.15, 0.2) is 18.2 Å². The standard InChI is InChI=1S/C14H18ClFN2O2/c1-10(14(19)18-7-5-17(2)6-8-18)20-13-4-3-11(16)9-12(13)15/h3-4,9-10H,5-8H2,1-2H3. The molecule has 6 heteroatoms. The summed E-state index contributed by atoms with van der Waals surface area (Å²) in [6, 6.07) is 3.86. The third-order valence-corrected chi connectivity index (χ3v) is 3.66. The van der Waals surface area contributed by atoms with Crippen molar-refractivity contribution in [2.24, 2.45) is 0 Å². The Labute approximate surface area is 123 Å². The molecule has 1 aromatic carbocycles. The molecule has 1 aliphatic heterocycles. The largest absolute Gasteiger partial charge is 0.479 e. The zero-order chi connectivity index (χ0) is 14.7. The third kappa shape index (κ3) is 3.61. The number of benzene rings is 1. The first-order chi connectivity index (χ1) is 9.47. The van der Waals surface area contributed by atoms with Crippen LogP contribution in [0.4, 0.5) is 4.39 Å². The molecule has 1 saturated heterocycles. The van der Waals surface area contributed by atoms with E-state index < -0.39 is 11.9 Å². The Morgan fingerprint density at radius 3 is 2.60 bits per heavy atom. The minimum absolute atomic E-state index is 0.0708. The first-order valence-corrected chi connectivity index (χ1v) is 6.94. The van der Waals surface area contributed by atoms with E-state index in [1.54, 1.807) is 11.8 Å². The maximum atomic E-state index is 13.0. The van der Waals surface area contributed by atoms with Gasteiger partial charge in [-0.25, -0.2) is 4.39 Å². The van der Waals surface area contributed by atoms with Crippen LogP contribution in [0.25, 0.3) is 0 Å². The quantitative estimate of drug-likeness (QED) is 0.856. The lowest BCUT2D eigenvalue weighted by Crippen LogP contribution is -2.50. The van der Waals surface area contributed by atoms with E-state index in [9.17, 15) is 9.18 Å². The van der Waals surface area contributed by atoms with Gasteiger partial charge in [-0.3, -0.25) is 4.79 Å². The molecule has 1 aliphatic rings. The van der Waals surface area contributed by atoms with Crippen molar-refractivity contribution in [3.05, 3.63) is 29.0 Å². The van der Waals surface area contributed by atoms with Crippen molar-refractivity contribution in [3.8, 4) is 5.75 Å². The fourth-order valence-electron chi connectivity index (χ4n) is 2.10. The molecule has 0 saturated carbocycles. The van der Waals surface area contributed by atoms with Crippen molar-refractivity contribution in [3.63, 3.8) is 0 Å². The maximum Gasteiger partial charge on any atom is 0.263 e. The highest BCUT2D eigenvalue weighted by molar-refractivity contribution is 6.32. The Balaban J connectivity index is 1.97. The number of ether oxygens (including phenoxy) is 1. The minimum Gasteiger partial charge on any atom is -0.479 e. The molecule has 4 nitrogen and oxygen atoms in total. The van der Waals surface area contributed by atoms with Crippen LogP contribution >= 0.6 is 11.6 Å². The number of hydrogen-bond acceptors (Lipinski definition) is 3. The predicted molar refractivity (Wildman–Crippen MR) is 75.6 cm³/mol. The van der Waals surface area contributed by atoms with Gasteiger partial charge in [0.2, 0.25) is 0 Å². The molecule has 0 radical (unpaired) electrons. The highest BCUT2D eigenvalue weighted by Crippen LogP contribution is 2.26. The average Bonchev–Trinajstić information content (AvgIpc) is 2.42. The second-order valence-electron chi connectivity index (χ2n) is 4.96. The molecule has 0 aliphatic carbocycles. The fourth-order valence-corrected chi connectivity index (χ4v) is 2.31. The molecule has 2 rings (SSSR count). The van der Waals surface area contributed by atoms with Gasteiger partial charge in [0.15, 0.2) is 6.10 Å². The van der Waals surface area contributed by atoms with Crippen molar-refractivity contribution in [2.45, 2.75) is 13.0 Å².